The summed E-state index contributed by atoms with van der Waals surface area (Å²) in [5.41, 5.74) is 1.22. The summed E-state index contributed by atoms with van der Waals surface area (Å²) in [7, 11) is 3.10. The van der Waals surface area contributed by atoms with Gasteiger partial charge in [0.15, 0.2) is 11.5 Å². The van der Waals surface area contributed by atoms with E-state index >= 15 is 0 Å². The van der Waals surface area contributed by atoms with E-state index in [0.717, 1.165) is 10.1 Å². The molecule has 34 heavy (non-hydrogen) atoms. The van der Waals surface area contributed by atoms with Crippen molar-refractivity contribution < 1.29 is 18.7 Å². The number of nitrogens with one attached hydrogen (secondary N) is 3. The second kappa shape index (κ2) is 9.65. The second-order valence-electron chi connectivity index (χ2n) is 7.57. The Morgan fingerprint density at radius 2 is 1.76 bits per heavy atom. The topological polar surface area (TPSA) is 118 Å². The first-order valence-corrected chi connectivity index (χ1v) is 10.5. The van der Waals surface area contributed by atoms with E-state index in [4.69, 9.17) is 9.47 Å². The molecule has 4 rings (SSSR count). The standard InChI is InChI=1S/C24H23FN4O5/c1-33-18-8-3-14(11-19(18)34-2)9-10-26-20(30)13-29-23(31)22-21(28-24(29)32)17(12-27-22)15-4-6-16(25)7-5-15/h3-8,11-12,27H,9-10,13H2,1-2H3,(H,26,30)(H,28,32). The number of aromatic amines is 2. The Morgan fingerprint density at radius 3 is 2.47 bits per heavy atom. The molecule has 0 aliphatic rings. The van der Waals surface area contributed by atoms with Gasteiger partial charge in [0.2, 0.25) is 5.91 Å². The van der Waals surface area contributed by atoms with Gasteiger partial charge in [-0.2, -0.15) is 0 Å². The maximum Gasteiger partial charge on any atom is 0.329 e. The quantitative estimate of drug-likeness (QED) is 0.368. The summed E-state index contributed by atoms with van der Waals surface area (Å²) in [6.45, 7) is -0.124. The van der Waals surface area contributed by atoms with Gasteiger partial charge in [0, 0.05) is 18.3 Å². The monoisotopic (exact) mass is 466 g/mol. The summed E-state index contributed by atoms with van der Waals surface area (Å²) in [5.74, 6) is 0.328. The Kier molecular flexibility index (Phi) is 6.48. The average molecular weight is 466 g/mol. The van der Waals surface area contributed by atoms with Gasteiger partial charge >= 0.3 is 5.69 Å². The van der Waals surface area contributed by atoms with Crippen molar-refractivity contribution in [3.63, 3.8) is 0 Å². The van der Waals surface area contributed by atoms with Crippen LogP contribution in [0.2, 0.25) is 0 Å². The van der Waals surface area contributed by atoms with E-state index in [-0.39, 0.29) is 5.52 Å². The Hall–Kier alpha value is -4.34. The minimum absolute atomic E-state index is 0.150. The number of H-pyrrole nitrogens is 2. The average Bonchev–Trinajstić information content (AvgIpc) is 3.26. The number of carbonyl (C=O) groups is 1. The van der Waals surface area contributed by atoms with Crippen LogP contribution in [0.5, 0.6) is 11.5 Å². The largest absolute Gasteiger partial charge is 0.493 e. The van der Waals surface area contributed by atoms with Crippen LogP contribution in [0.4, 0.5) is 4.39 Å². The van der Waals surface area contributed by atoms with Crippen molar-refractivity contribution in [1.82, 2.24) is 19.9 Å². The molecule has 2 heterocycles. The van der Waals surface area contributed by atoms with Crippen molar-refractivity contribution in [2.24, 2.45) is 0 Å². The number of ether oxygens (including phenoxy) is 2. The molecule has 176 valence electrons. The van der Waals surface area contributed by atoms with E-state index in [2.05, 4.69) is 15.3 Å². The van der Waals surface area contributed by atoms with Gasteiger partial charge in [-0.3, -0.25) is 9.59 Å². The number of hydrogen-bond acceptors (Lipinski definition) is 5. The molecule has 0 saturated heterocycles. The highest BCUT2D eigenvalue weighted by atomic mass is 19.1. The van der Waals surface area contributed by atoms with E-state index in [1.54, 1.807) is 38.6 Å². The van der Waals surface area contributed by atoms with Gasteiger partial charge in [0.1, 0.15) is 17.9 Å². The first kappa shape index (κ1) is 22.8. The minimum Gasteiger partial charge on any atom is -0.493 e. The third-order valence-electron chi connectivity index (χ3n) is 5.46. The lowest BCUT2D eigenvalue weighted by Crippen LogP contribution is -2.41. The molecular formula is C24H23FN4O5. The van der Waals surface area contributed by atoms with Crippen LogP contribution in [0.15, 0.2) is 58.3 Å². The first-order chi connectivity index (χ1) is 16.4. The van der Waals surface area contributed by atoms with Crippen molar-refractivity contribution in [3.05, 3.63) is 80.9 Å². The molecule has 4 aromatic rings. The molecule has 2 aromatic carbocycles. The highest BCUT2D eigenvalue weighted by Crippen LogP contribution is 2.27. The molecule has 0 fully saturated rings. The predicted octanol–water partition coefficient (Wildman–Crippen LogP) is 2.20. The Morgan fingerprint density at radius 1 is 1.03 bits per heavy atom. The van der Waals surface area contributed by atoms with Gasteiger partial charge in [-0.1, -0.05) is 18.2 Å². The smallest absolute Gasteiger partial charge is 0.329 e. The maximum atomic E-state index is 13.2. The maximum absolute atomic E-state index is 13.2. The number of carbonyl (C=O) groups excluding carboxylic acids is 1. The van der Waals surface area contributed by atoms with Crippen LogP contribution < -0.4 is 26.0 Å². The van der Waals surface area contributed by atoms with Crippen molar-refractivity contribution in [3.8, 4) is 22.6 Å². The summed E-state index contributed by atoms with van der Waals surface area (Å²) in [6.07, 6.45) is 2.08. The summed E-state index contributed by atoms with van der Waals surface area (Å²) in [4.78, 5) is 43.3. The fourth-order valence-corrected chi connectivity index (χ4v) is 3.71. The number of aromatic nitrogens is 3. The second-order valence-corrected chi connectivity index (χ2v) is 7.57. The zero-order chi connectivity index (χ0) is 24.2. The molecule has 0 aliphatic carbocycles. The molecule has 0 unspecified atom stereocenters. The van der Waals surface area contributed by atoms with Crippen LogP contribution in [0.1, 0.15) is 5.56 Å². The molecule has 2 aromatic heterocycles. The van der Waals surface area contributed by atoms with E-state index in [0.29, 0.717) is 41.1 Å². The van der Waals surface area contributed by atoms with E-state index in [1.807, 2.05) is 12.1 Å². The summed E-state index contributed by atoms with van der Waals surface area (Å²) in [6, 6.07) is 11.1. The van der Waals surface area contributed by atoms with Crippen molar-refractivity contribution in [2.45, 2.75) is 13.0 Å². The first-order valence-electron chi connectivity index (χ1n) is 10.5. The molecule has 10 heteroatoms. The predicted molar refractivity (Wildman–Crippen MR) is 125 cm³/mol. The Labute approximate surface area is 193 Å². The molecular weight excluding hydrogens is 443 g/mol. The van der Waals surface area contributed by atoms with E-state index < -0.39 is 29.5 Å². The zero-order valence-corrected chi connectivity index (χ0v) is 18.6. The van der Waals surface area contributed by atoms with Crippen LogP contribution in [0.25, 0.3) is 22.2 Å². The van der Waals surface area contributed by atoms with Crippen LogP contribution in [-0.4, -0.2) is 41.2 Å². The molecule has 0 spiro atoms. The fourth-order valence-electron chi connectivity index (χ4n) is 3.71. The SMILES string of the molecule is COc1ccc(CCNC(=O)Cn2c(=O)[nH]c3c(-c4ccc(F)cc4)c[nH]c3c2=O)cc1OC. The number of fused-ring (bicyclic) bond motifs is 1. The Balaban J connectivity index is 1.47. The zero-order valence-electron chi connectivity index (χ0n) is 18.6. The van der Waals surface area contributed by atoms with Crippen LogP contribution in [0.3, 0.4) is 0 Å². The van der Waals surface area contributed by atoms with Crippen molar-refractivity contribution in [2.75, 3.05) is 20.8 Å². The molecule has 0 saturated carbocycles. The van der Waals surface area contributed by atoms with Crippen LogP contribution in [0, 0.1) is 5.82 Å². The van der Waals surface area contributed by atoms with Gasteiger partial charge in [-0.05, 0) is 41.8 Å². The molecule has 3 N–H and O–H groups in total. The van der Waals surface area contributed by atoms with Gasteiger partial charge in [0.05, 0.1) is 19.7 Å². The van der Waals surface area contributed by atoms with Gasteiger partial charge in [0.25, 0.3) is 5.56 Å². The highest BCUT2D eigenvalue weighted by molar-refractivity contribution is 5.91. The number of hydrogen-bond donors (Lipinski definition) is 3. The third kappa shape index (κ3) is 4.56. The molecule has 0 aliphatic heterocycles. The lowest BCUT2D eigenvalue weighted by atomic mass is 10.1. The molecule has 0 atom stereocenters. The highest BCUT2D eigenvalue weighted by Gasteiger charge is 2.16. The minimum atomic E-state index is -0.712. The lowest BCUT2D eigenvalue weighted by Gasteiger charge is -2.10. The number of nitrogens with zero attached hydrogens (tertiary/aromatic N) is 1. The third-order valence-corrected chi connectivity index (χ3v) is 5.46. The van der Waals surface area contributed by atoms with Crippen molar-refractivity contribution >= 4 is 16.9 Å². The normalized spacial score (nSPS) is 10.9. The summed E-state index contributed by atoms with van der Waals surface area (Å²) >= 11 is 0. The number of rotatable bonds is 8. The Bertz CT molecular complexity index is 1450. The molecule has 0 bridgehead atoms. The number of methoxy groups -OCH3 is 2. The molecule has 1 amide bonds. The van der Waals surface area contributed by atoms with Crippen LogP contribution in [-0.2, 0) is 17.8 Å². The van der Waals surface area contributed by atoms with Crippen molar-refractivity contribution in [1.29, 1.82) is 0 Å². The summed E-state index contributed by atoms with van der Waals surface area (Å²) < 4.78 is 24.5. The number of halogens is 1. The fraction of sp³-hybridized carbons (Fsp3) is 0.208. The molecule has 9 nitrogen and oxygen atoms in total. The number of amides is 1. The number of benzene rings is 2. The van der Waals surface area contributed by atoms with Gasteiger partial charge in [-0.25, -0.2) is 13.8 Å². The van der Waals surface area contributed by atoms with E-state index in [1.165, 1.54) is 12.1 Å². The lowest BCUT2D eigenvalue weighted by molar-refractivity contribution is -0.121. The summed E-state index contributed by atoms with van der Waals surface area (Å²) in [5, 5.41) is 2.72. The molecule has 0 radical (unpaired) electrons. The van der Waals surface area contributed by atoms with E-state index in [9.17, 15) is 18.8 Å². The van der Waals surface area contributed by atoms with Crippen LogP contribution >= 0.6 is 0 Å². The van der Waals surface area contributed by atoms with Gasteiger partial charge < -0.3 is 24.8 Å². The van der Waals surface area contributed by atoms with Gasteiger partial charge in [-0.15, -0.1) is 0 Å².